The van der Waals surface area contributed by atoms with Crippen LogP contribution in [0.4, 0.5) is 0 Å². The molecule has 0 aromatic carbocycles. The first kappa shape index (κ1) is 14.1. The summed E-state index contributed by atoms with van der Waals surface area (Å²) in [4.78, 5) is 15.3. The first-order valence-corrected chi connectivity index (χ1v) is 7.32. The van der Waals surface area contributed by atoms with E-state index in [1.165, 1.54) is 22.2 Å². The van der Waals surface area contributed by atoms with Crippen molar-refractivity contribution in [1.82, 2.24) is 14.8 Å². The molecule has 0 spiro atoms. The lowest BCUT2D eigenvalue weighted by Crippen LogP contribution is -1.96. The van der Waals surface area contributed by atoms with E-state index in [2.05, 4.69) is 10.1 Å². The van der Waals surface area contributed by atoms with Crippen LogP contribution in [0.25, 0.3) is 16.9 Å². The Kier molecular flexibility index (Phi) is 3.67. The topological polar surface area (TPSA) is 68.0 Å². The monoisotopic (exact) mass is 339 g/mol. The maximum atomic E-state index is 11.4. The fourth-order valence-corrected chi connectivity index (χ4v) is 3.33. The lowest BCUT2D eigenvalue weighted by Gasteiger charge is -1.99. The molecule has 0 saturated heterocycles. The summed E-state index contributed by atoms with van der Waals surface area (Å²) < 4.78 is 2.36. The summed E-state index contributed by atoms with van der Waals surface area (Å²) in [5.74, 6) is -1.08. The molecule has 0 bridgehead atoms. The molecule has 3 heterocycles. The van der Waals surface area contributed by atoms with E-state index < -0.39 is 5.97 Å². The van der Waals surface area contributed by atoms with E-state index in [1.54, 1.807) is 30.6 Å². The van der Waals surface area contributed by atoms with E-state index in [-0.39, 0.29) is 11.3 Å². The Morgan fingerprint density at radius 1 is 1.29 bits per heavy atom. The average Bonchev–Trinajstić information content (AvgIpc) is 3.03. The van der Waals surface area contributed by atoms with Crippen molar-refractivity contribution in [2.24, 2.45) is 0 Å². The highest BCUT2D eigenvalue weighted by Gasteiger charge is 2.21. The minimum absolute atomic E-state index is 0.0585. The lowest BCUT2D eigenvalue weighted by molar-refractivity contribution is 0.0697. The van der Waals surface area contributed by atoms with Gasteiger partial charge in [0.25, 0.3) is 0 Å². The number of thiophene rings is 1. The number of carboxylic acids is 1. The van der Waals surface area contributed by atoms with Gasteiger partial charge in [-0.1, -0.05) is 23.2 Å². The van der Waals surface area contributed by atoms with Gasteiger partial charge in [-0.25, -0.2) is 9.48 Å². The Hall–Kier alpha value is -1.89. The van der Waals surface area contributed by atoms with Gasteiger partial charge >= 0.3 is 5.97 Å². The van der Waals surface area contributed by atoms with Crippen LogP contribution in [0.5, 0.6) is 0 Å². The van der Waals surface area contributed by atoms with Gasteiger partial charge in [-0.3, -0.25) is 4.98 Å². The summed E-state index contributed by atoms with van der Waals surface area (Å²) >= 11 is 13.2. The van der Waals surface area contributed by atoms with Crippen LogP contribution in [0.3, 0.4) is 0 Å². The highest BCUT2D eigenvalue weighted by Crippen LogP contribution is 2.39. The van der Waals surface area contributed by atoms with E-state index >= 15 is 0 Å². The van der Waals surface area contributed by atoms with Gasteiger partial charge in [0, 0.05) is 24.2 Å². The molecule has 0 saturated carbocycles. The number of pyridine rings is 1. The molecule has 1 N–H and O–H groups in total. The highest BCUT2D eigenvalue weighted by molar-refractivity contribution is 7.20. The van der Waals surface area contributed by atoms with E-state index in [1.807, 2.05) is 0 Å². The van der Waals surface area contributed by atoms with Gasteiger partial charge in [0.1, 0.15) is 15.6 Å². The van der Waals surface area contributed by atoms with Crippen LogP contribution in [-0.4, -0.2) is 25.8 Å². The van der Waals surface area contributed by atoms with Crippen molar-refractivity contribution in [2.75, 3.05) is 0 Å². The van der Waals surface area contributed by atoms with Crippen molar-refractivity contribution < 1.29 is 9.90 Å². The van der Waals surface area contributed by atoms with E-state index in [4.69, 9.17) is 23.2 Å². The van der Waals surface area contributed by atoms with Crippen molar-refractivity contribution in [3.63, 3.8) is 0 Å². The molecule has 8 heteroatoms. The van der Waals surface area contributed by atoms with Crippen molar-refractivity contribution in [2.45, 2.75) is 0 Å². The number of hydrogen-bond acceptors (Lipinski definition) is 4. The lowest BCUT2D eigenvalue weighted by atomic mass is 10.1. The van der Waals surface area contributed by atoms with E-state index in [9.17, 15) is 9.90 Å². The fourth-order valence-electron chi connectivity index (χ4n) is 1.86. The van der Waals surface area contributed by atoms with Gasteiger partial charge in [-0.15, -0.1) is 11.3 Å². The molecule has 0 radical (unpaired) electrons. The summed E-state index contributed by atoms with van der Waals surface area (Å²) in [6.07, 6.45) is 4.64. The molecule has 21 heavy (non-hydrogen) atoms. The number of aromatic carboxylic acids is 1. The summed E-state index contributed by atoms with van der Waals surface area (Å²) in [5, 5.41) is 13.7. The first-order valence-electron chi connectivity index (χ1n) is 5.75. The summed E-state index contributed by atoms with van der Waals surface area (Å²) in [5.41, 5.74) is 1.56. The second kappa shape index (κ2) is 5.48. The van der Waals surface area contributed by atoms with Crippen molar-refractivity contribution in [3.05, 3.63) is 51.0 Å². The zero-order chi connectivity index (χ0) is 15.0. The third kappa shape index (κ3) is 2.65. The molecule has 0 aliphatic carbocycles. The number of nitrogens with zero attached hydrogens (tertiary/aromatic N) is 3. The summed E-state index contributed by atoms with van der Waals surface area (Å²) in [7, 11) is 0. The quantitative estimate of drug-likeness (QED) is 0.782. The molecule has 0 atom stereocenters. The molecule has 0 unspecified atom stereocenters. The minimum Gasteiger partial charge on any atom is -0.478 e. The van der Waals surface area contributed by atoms with Crippen LogP contribution in [0.2, 0.25) is 8.67 Å². The number of rotatable bonds is 3. The number of halogens is 2. The standard InChI is InChI=1S/C13H7Cl2N3O2S/c14-10-5-8(12(15)21-10)11-9(13(19)20)6-18(17-11)7-1-3-16-4-2-7/h1-6H,(H,19,20). The van der Waals surface area contributed by atoms with Gasteiger partial charge < -0.3 is 5.11 Å². The molecule has 3 aromatic rings. The van der Waals surface area contributed by atoms with E-state index in [0.717, 1.165) is 0 Å². The molecular formula is C13H7Cl2N3O2S. The molecule has 5 nitrogen and oxygen atoms in total. The normalized spacial score (nSPS) is 10.8. The van der Waals surface area contributed by atoms with Crippen molar-refractivity contribution in [1.29, 1.82) is 0 Å². The molecule has 0 fully saturated rings. The van der Waals surface area contributed by atoms with Crippen LogP contribution in [0, 0.1) is 0 Å². The predicted octanol–water partition coefficient (Wildman–Crippen LogP) is 4.00. The maximum absolute atomic E-state index is 11.4. The molecule has 106 valence electrons. The maximum Gasteiger partial charge on any atom is 0.339 e. The molecular weight excluding hydrogens is 333 g/mol. The second-order valence-corrected chi connectivity index (χ2v) is 6.37. The molecule has 0 amide bonds. The van der Waals surface area contributed by atoms with Gasteiger partial charge in [-0.2, -0.15) is 5.10 Å². The van der Waals surface area contributed by atoms with E-state index in [0.29, 0.717) is 19.9 Å². The first-order chi connectivity index (χ1) is 10.1. The van der Waals surface area contributed by atoms with Crippen molar-refractivity contribution in [3.8, 4) is 16.9 Å². The summed E-state index contributed by atoms with van der Waals surface area (Å²) in [6, 6.07) is 5.06. The number of aromatic nitrogens is 3. The summed E-state index contributed by atoms with van der Waals surface area (Å²) in [6.45, 7) is 0. The van der Waals surface area contributed by atoms with Gasteiger partial charge in [-0.05, 0) is 18.2 Å². The Labute approximate surface area is 133 Å². The third-order valence-corrected chi connectivity index (χ3v) is 4.27. The Morgan fingerprint density at radius 2 is 2.00 bits per heavy atom. The zero-order valence-corrected chi connectivity index (χ0v) is 12.7. The second-order valence-electron chi connectivity index (χ2n) is 4.08. The van der Waals surface area contributed by atoms with Gasteiger partial charge in [0.2, 0.25) is 0 Å². The Balaban J connectivity index is 2.18. The zero-order valence-electron chi connectivity index (χ0n) is 10.3. The van der Waals surface area contributed by atoms with Crippen LogP contribution in [-0.2, 0) is 0 Å². The molecule has 0 aliphatic heterocycles. The number of carbonyl (C=O) groups is 1. The van der Waals surface area contributed by atoms with Crippen LogP contribution in [0.1, 0.15) is 10.4 Å². The number of carboxylic acid groups (broad SMARTS) is 1. The van der Waals surface area contributed by atoms with Crippen LogP contribution < -0.4 is 0 Å². The Morgan fingerprint density at radius 3 is 2.57 bits per heavy atom. The molecule has 3 aromatic heterocycles. The van der Waals surface area contributed by atoms with Crippen LogP contribution >= 0.6 is 34.5 Å². The van der Waals surface area contributed by atoms with Crippen molar-refractivity contribution >= 4 is 40.5 Å². The van der Waals surface area contributed by atoms with Gasteiger partial charge in [0.05, 0.1) is 10.0 Å². The SMILES string of the molecule is O=C(O)c1cn(-c2ccncc2)nc1-c1cc(Cl)sc1Cl. The predicted molar refractivity (Wildman–Crippen MR) is 81.7 cm³/mol. The Bertz CT molecular complexity index is 814. The minimum atomic E-state index is -1.08. The van der Waals surface area contributed by atoms with Gasteiger partial charge in [0.15, 0.2) is 0 Å². The largest absolute Gasteiger partial charge is 0.478 e. The fraction of sp³-hybridized carbons (Fsp3) is 0. The number of hydrogen-bond donors (Lipinski definition) is 1. The smallest absolute Gasteiger partial charge is 0.339 e. The third-order valence-electron chi connectivity index (χ3n) is 2.78. The highest BCUT2D eigenvalue weighted by atomic mass is 35.5. The van der Waals surface area contributed by atoms with Crippen LogP contribution in [0.15, 0.2) is 36.8 Å². The molecule has 3 rings (SSSR count). The molecule has 0 aliphatic rings. The average molecular weight is 340 g/mol.